The van der Waals surface area contributed by atoms with Crippen molar-refractivity contribution in [3.8, 4) is 6.07 Å². The normalized spacial score (nSPS) is 18.2. The lowest BCUT2D eigenvalue weighted by atomic mass is 10.0. The Morgan fingerprint density at radius 2 is 2.04 bits per heavy atom. The van der Waals surface area contributed by atoms with Crippen LogP contribution in [0.15, 0.2) is 18.2 Å². The molecule has 1 aromatic rings. The summed E-state index contributed by atoms with van der Waals surface area (Å²) in [5.41, 5.74) is 3.06. The number of piperidine rings is 1. The van der Waals surface area contributed by atoms with Crippen LogP contribution in [0.25, 0.3) is 0 Å². The number of benzene rings is 1. The summed E-state index contributed by atoms with van der Waals surface area (Å²) in [4.78, 5) is 16.7. The molecule has 1 aromatic carbocycles. The van der Waals surface area contributed by atoms with Gasteiger partial charge in [-0.3, -0.25) is 9.69 Å². The van der Waals surface area contributed by atoms with Crippen LogP contribution < -0.4 is 4.90 Å². The smallest absolute Gasteiger partial charge is 0.241 e. The zero-order valence-electron chi connectivity index (χ0n) is 14.7. The first-order valence-corrected chi connectivity index (χ1v) is 8.65. The van der Waals surface area contributed by atoms with Gasteiger partial charge in [0.25, 0.3) is 0 Å². The van der Waals surface area contributed by atoms with Crippen molar-refractivity contribution in [3.05, 3.63) is 29.3 Å². The lowest BCUT2D eigenvalue weighted by Crippen LogP contribution is -2.48. The lowest BCUT2D eigenvalue weighted by molar-refractivity contribution is -0.120. The van der Waals surface area contributed by atoms with E-state index in [1.54, 1.807) is 4.90 Å². The maximum Gasteiger partial charge on any atom is 0.241 e. The molecule has 1 fully saturated rings. The van der Waals surface area contributed by atoms with Gasteiger partial charge in [0.1, 0.15) is 0 Å². The molecule has 1 aliphatic heterocycles. The van der Waals surface area contributed by atoms with Crippen LogP contribution in [-0.4, -0.2) is 48.2 Å². The number of nitriles is 1. The monoisotopic (exact) mass is 329 g/mol. The molecule has 1 aliphatic rings. The molecule has 24 heavy (non-hydrogen) atoms. The van der Waals surface area contributed by atoms with E-state index in [1.165, 1.54) is 0 Å². The summed E-state index contributed by atoms with van der Waals surface area (Å²) in [5.74, 6) is -0.00407. The van der Waals surface area contributed by atoms with Crippen molar-refractivity contribution >= 4 is 11.6 Å². The third-order valence-electron chi connectivity index (χ3n) is 4.56. The number of aryl methyl sites for hydroxylation is 2. The van der Waals surface area contributed by atoms with Gasteiger partial charge in [0.05, 0.1) is 25.6 Å². The highest BCUT2D eigenvalue weighted by Gasteiger charge is 2.26. The molecule has 1 saturated heterocycles. The highest BCUT2D eigenvalue weighted by molar-refractivity contribution is 5.95. The Bertz CT molecular complexity index is 589. The van der Waals surface area contributed by atoms with Gasteiger partial charge < -0.3 is 10.0 Å². The molecule has 5 heteroatoms. The minimum Gasteiger partial charge on any atom is -0.395 e. The van der Waals surface area contributed by atoms with Gasteiger partial charge in [-0.15, -0.1) is 0 Å². The first kappa shape index (κ1) is 18.4. The molecule has 0 aliphatic carbocycles. The molecule has 1 N–H and O–H groups in total. The van der Waals surface area contributed by atoms with Gasteiger partial charge in [-0.2, -0.15) is 5.26 Å². The summed E-state index contributed by atoms with van der Waals surface area (Å²) >= 11 is 0. The summed E-state index contributed by atoms with van der Waals surface area (Å²) in [6.07, 6.45) is 3.41. The summed E-state index contributed by atoms with van der Waals surface area (Å²) in [6, 6.07) is 8.25. The molecule has 2 rings (SSSR count). The van der Waals surface area contributed by atoms with Crippen LogP contribution in [0.3, 0.4) is 0 Å². The van der Waals surface area contributed by atoms with Crippen LogP contribution in [-0.2, 0) is 4.79 Å². The van der Waals surface area contributed by atoms with Crippen molar-refractivity contribution in [2.24, 2.45) is 0 Å². The predicted octanol–water partition coefficient (Wildman–Crippen LogP) is 2.40. The van der Waals surface area contributed by atoms with E-state index < -0.39 is 0 Å². The van der Waals surface area contributed by atoms with E-state index in [9.17, 15) is 9.90 Å². The van der Waals surface area contributed by atoms with Gasteiger partial charge in [-0.25, -0.2) is 0 Å². The molecule has 0 spiro atoms. The Labute approximate surface area is 144 Å². The van der Waals surface area contributed by atoms with Crippen molar-refractivity contribution in [2.45, 2.75) is 45.6 Å². The van der Waals surface area contributed by atoms with Crippen LogP contribution in [0.1, 0.15) is 36.8 Å². The van der Waals surface area contributed by atoms with E-state index in [4.69, 9.17) is 5.26 Å². The summed E-state index contributed by atoms with van der Waals surface area (Å²) in [5, 5.41) is 18.5. The van der Waals surface area contributed by atoms with Gasteiger partial charge in [0.15, 0.2) is 0 Å². The third-order valence-corrected chi connectivity index (χ3v) is 4.56. The fraction of sp³-hybridized carbons (Fsp3) is 0.579. The first-order chi connectivity index (χ1) is 11.5. The highest BCUT2D eigenvalue weighted by atomic mass is 16.3. The highest BCUT2D eigenvalue weighted by Crippen LogP contribution is 2.21. The summed E-state index contributed by atoms with van der Waals surface area (Å²) in [7, 11) is 0. The molecule has 5 nitrogen and oxygen atoms in total. The van der Waals surface area contributed by atoms with Gasteiger partial charge >= 0.3 is 0 Å². The van der Waals surface area contributed by atoms with E-state index in [0.717, 1.165) is 42.6 Å². The standard InChI is InChI=1S/C19H27N3O2/c1-15-10-16(2)12-18(11-15)22(9-5-7-20)19(24)13-21-8-4-3-6-17(21)14-23/h10-12,17,23H,3-6,8-9,13-14H2,1-2H3. The Hall–Kier alpha value is -1.90. The van der Waals surface area contributed by atoms with Crippen molar-refractivity contribution in [2.75, 3.05) is 31.1 Å². The Balaban J connectivity index is 2.17. The van der Waals surface area contributed by atoms with Crippen molar-refractivity contribution in [1.29, 1.82) is 5.26 Å². The second kappa shape index (κ2) is 8.81. The molecule has 1 atom stereocenters. The molecule has 1 heterocycles. The number of aliphatic hydroxyl groups is 1. The maximum atomic E-state index is 12.9. The predicted molar refractivity (Wildman–Crippen MR) is 94.8 cm³/mol. The lowest BCUT2D eigenvalue weighted by Gasteiger charge is -2.35. The minimum atomic E-state index is -0.00407. The number of aliphatic hydroxyl groups excluding tert-OH is 1. The quantitative estimate of drug-likeness (QED) is 0.870. The zero-order chi connectivity index (χ0) is 17.5. The molecular weight excluding hydrogens is 302 g/mol. The average Bonchev–Trinajstić information content (AvgIpc) is 2.55. The number of hydrogen-bond donors (Lipinski definition) is 1. The Morgan fingerprint density at radius 3 is 2.67 bits per heavy atom. The molecule has 0 aromatic heterocycles. The summed E-state index contributed by atoms with van der Waals surface area (Å²) < 4.78 is 0. The van der Waals surface area contributed by atoms with Gasteiger partial charge in [0.2, 0.25) is 5.91 Å². The number of hydrogen-bond acceptors (Lipinski definition) is 4. The van der Waals surface area contributed by atoms with Crippen molar-refractivity contribution in [1.82, 2.24) is 4.90 Å². The molecule has 1 amide bonds. The number of anilines is 1. The second-order valence-electron chi connectivity index (χ2n) is 6.60. The first-order valence-electron chi connectivity index (χ1n) is 8.65. The molecule has 1 unspecified atom stereocenters. The van der Waals surface area contributed by atoms with Gasteiger partial charge in [0, 0.05) is 18.3 Å². The second-order valence-corrected chi connectivity index (χ2v) is 6.60. The molecular formula is C19H27N3O2. The fourth-order valence-corrected chi connectivity index (χ4v) is 3.40. The number of carbonyl (C=O) groups is 1. The largest absolute Gasteiger partial charge is 0.395 e. The SMILES string of the molecule is Cc1cc(C)cc(N(CCC#N)C(=O)CN2CCCCC2CO)c1. The third kappa shape index (κ3) is 4.80. The van der Waals surface area contributed by atoms with Crippen LogP contribution in [0, 0.1) is 25.2 Å². The van der Waals surface area contributed by atoms with Crippen LogP contribution >= 0.6 is 0 Å². The van der Waals surface area contributed by atoms with Crippen LogP contribution in [0.2, 0.25) is 0 Å². The van der Waals surface area contributed by atoms with E-state index in [1.807, 2.05) is 26.0 Å². The molecule has 0 bridgehead atoms. The fourth-order valence-electron chi connectivity index (χ4n) is 3.40. The van der Waals surface area contributed by atoms with Crippen LogP contribution in [0.5, 0.6) is 0 Å². The average molecular weight is 329 g/mol. The van der Waals surface area contributed by atoms with Crippen molar-refractivity contribution < 1.29 is 9.90 Å². The number of amides is 1. The van der Waals surface area contributed by atoms with Crippen molar-refractivity contribution in [3.63, 3.8) is 0 Å². The maximum absolute atomic E-state index is 12.9. The minimum absolute atomic E-state index is 0.00407. The Morgan fingerprint density at radius 1 is 1.33 bits per heavy atom. The van der Waals surface area contributed by atoms with E-state index in [2.05, 4.69) is 17.0 Å². The number of likely N-dealkylation sites (tertiary alicyclic amines) is 1. The van der Waals surface area contributed by atoms with E-state index in [0.29, 0.717) is 19.5 Å². The zero-order valence-corrected chi connectivity index (χ0v) is 14.7. The van der Waals surface area contributed by atoms with Crippen LogP contribution in [0.4, 0.5) is 5.69 Å². The molecule has 130 valence electrons. The summed E-state index contributed by atoms with van der Waals surface area (Å²) in [6.45, 7) is 5.65. The number of nitrogens with zero attached hydrogens (tertiary/aromatic N) is 3. The van der Waals surface area contributed by atoms with Gasteiger partial charge in [-0.1, -0.05) is 12.5 Å². The number of rotatable bonds is 6. The van der Waals surface area contributed by atoms with E-state index in [-0.39, 0.29) is 18.6 Å². The molecule has 0 radical (unpaired) electrons. The molecule has 0 saturated carbocycles. The van der Waals surface area contributed by atoms with Gasteiger partial charge in [-0.05, 0) is 56.5 Å². The van der Waals surface area contributed by atoms with E-state index >= 15 is 0 Å². The topological polar surface area (TPSA) is 67.6 Å². The number of carbonyl (C=O) groups excluding carboxylic acids is 1. The Kier molecular flexibility index (Phi) is 6.77.